The molecule has 0 fully saturated rings. The fourth-order valence-electron chi connectivity index (χ4n) is 0. The molecule has 0 atom stereocenters. The quantitative estimate of drug-likeness (QED) is 0.153. The van der Waals surface area contributed by atoms with E-state index in [1.165, 1.54) is 0 Å². The molecule has 0 aliphatic rings. The molecule has 0 radical (unpaired) electrons. The summed E-state index contributed by atoms with van der Waals surface area (Å²) < 4.78 is 102. The Morgan fingerprint density at radius 2 is 0.360 bits per heavy atom. The maximum absolute atomic E-state index is 8.52. The first-order valence-electron chi connectivity index (χ1n) is 2.00. The minimum atomic E-state index is -5.17. The smallest absolute Gasteiger partial charge is 1.00 e. The molecule has 0 bridgehead atoms. The van der Waals surface area contributed by atoms with Crippen LogP contribution in [0.2, 0.25) is 0 Å². The molecular formula is H3Al4Cl3O15S3. The zero-order valence-corrected chi connectivity index (χ0v) is 20.2. The maximum Gasteiger partial charge on any atom is 3.00 e. The fourth-order valence-corrected chi connectivity index (χ4v) is 0. The van der Waals surface area contributed by atoms with Gasteiger partial charge in [0.2, 0.25) is 0 Å². The summed E-state index contributed by atoms with van der Waals surface area (Å²) in [6.45, 7) is 0. The summed E-state index contributed by atoms with van der Waals surface area (Å²) in [5, 5.41) is 0. The molecule has 0 aliphatic carbocycles. The van der Waals surface area contributed by atoms with E-state index in [1.54, 1.807) is 0 Å². The maximum atomic E-state index is 8.52. The van der Waals surface area contributed by atoms with Crippen molar-refractivity contribution in [3.63, 3.8) is 0 Å². The van der Waals surface area contributed by atoms with Gasteiger partial charge in [-0.15, -0.1) is 0 Å². The first-order chi connectivity index (χ1) is 6.00. The normalized spacial score (nSPS) is 6.96. The Labute approximate surface area is 205 Å². The predicted molar refractivity (Wildman–Crippen MR) is 60.2 cm³/mol. The molecule has 3 N–H and O–H groups in total. The zero-order valence-electron chi connectivity index (χ0n) is 10.9. The molecule has 25 heteroatoms. The topological polar surface area (TPSA) is 331 Å². The van der Waals surface area contributed by atoms with Crippen molar-refractivity contribution in [3.8, 4) is 0 Å². The number of halogens is 3. The summed E-state index contributed by atoms with van der Waals surface area (Å²) in [7, 11) is -15.5. The van der Waals surface area contributed by atoms with E-state index < -0.39 is 31.2 Å². The van der Waals surface area contributed by atoms with Gasteiger partial charge < -0.3 is 81.0 Å². The van der Waals surface area contributed by atoms with Gasteiger partial charge in [-0.2, -0.15) is 0 Å². The molecule has 0 aromatic heterocycles. The first-order valence-corrected chi connectivity index (χ1v) is 6.00. The average Bonchev–Trinajstić information content (AvgIpc) is 1.41. The van der Waals surface area contributed by atoms with E-state index in [0.29, 0.717) is 0 Å². The van der Waals surface area contributed by atoms with Gasteiger partial charge in [0.1, 0.15) is 0 Å². The minimum absolute atomic E-state index is 0. The van der Waals surface area contributed by atoms with Gasteiger partial charge >= 0.3 is 69.4 Å². The van der Waals surface area contributed by atoms with E-state index in [4.69, 9.17) is 52.6 Å². The molecule has 0 unspecified atom stereocenters. The molecule has 0 aromatic carbocycles. The molecule has 0 spiro atoms. The van der Waals surface area contributed by atoms with Crippen molar-refractivity contribution < 1.29 is 106 Å². The average molecular weight is 553 g/mol. The van der Waals surface area contributed by atoms with Crippen molar-refractivity contribution in [2.75, 3.05) is 0 Å². The summed E-state index contributed by atoms with van der Waals surface area (Å²) in [6, 6.07) is 0. The van der Waals surface area contributed by atoms with Crippen LogP contribution in [0.5, 0.6) is 0 Å². The molecule has 0 heterocycles. The summed E-state index contributed by atoms with van der Waals surface area (Å²) in [6.07, 6.45) is 0. The van der Waals surface area contributed by atoms with Gasteiger partial charge in [0, 0.05) is 31.2 Å². The van der Waals surface area contributed by atoms with Crippen LogP contribution in [0, 0.1) is 0 Å². The summed E-state index contributed by atoms with van der Waals surface area (Å²) in [5.74, 6) is 0. The fraction of sp³-hybridized carbons (Fsp3) is 0. The van der Waals surface area contributed by atoms with Crippen LogP contribution < -0.4 is 37.2 Å². The van der Waals surface area contributed by atoms with E-state index in [-0.39, 0.29) is 123 Å². The molecule has 0 aromatic rings. The van der Waals surface area contributed by atoms with Crippen LogP contribution in [-0.4, -0.2) is 138 Å². The van der Waals surface area contributed by atoms with Crippen LogP contribution in [0.15, 0.2) is 0 Å². The molecule has 0 amide bonds. The molecule has 0 saturated carbocycles. The molecular weight excluding hydrogens is 550 g/mol. The Bertz CT molecular complexity index is 361. The van der Waals surface area contributed by atoms with Gasteiger partial charge in [0.15, 0.2) is 0 Å². The molecule has 0 saturated heterocycles. The Morgan fingerprint density at radius 3 is 0.360 bits per heavy atom. The van der Waals surface area contributed by atoms with Crippen LogP contribution in [0.4, 0.5) is 0 Å². The SMILES string of the molecule is O=S(=O)([O-])[O-].O=S(=O)([O-])[O-].O=S(=O)([O-])[O-].[Al+3].[Al+3].[Al+3].[Al+3].[Cl-].[Cl-].[Cl-].[OH-].[OH-].[OH-]. The number of hydrogen-bond acceptors (Lipinski definition) is 15. The summed E-state index contributed by atoms with van der Waals surface area (Å²) in [5.41, 5.74) is 0. The third-order valence-electron chi connectivity index (χ3n) is 0. The van der Waals surface area contributed by atoms with E-state index in [1.807, 2.05) is 0 Å². The molecule has 0 rings (SSSR count). The Hall–Kier alpha value is 2.49. The second-order valence-corrected chi connectivity index (χ2v) is 3.67. The van der Waals surface area contributed by atoms with E-state index in [0.717, 1.165) is 0 Å². The monoisotopic (exact) mass is 552 g/mol. The minimum Gasteiger partial charge on any atom is -1.00 e. The van der Waals surface area contributed by atoms with Crippen molar-refractivity contribution in [2.45, 2.75) is 0 Å². The molecule has 15 nitrogen and oxygen atoms in total. The van der Waals surface area contributed by atoms with Crippen LogP contribution in [-0.2, 0) is 31.2 Å². The Kier molecular flexibility index (Phi) is 151. The third-order valence-corrected chi connectivity index (χ3v) is 0. The third kappa shape index (κ3) is 2560. The molecule has 25 heavy (non-hydrogen) atoms. The number of hydrogen-bond donors (Lipinski definition) is 0. The first kappa shape index (κ1) is 91.9. The van der Waals surface area contributed by atoms with Gasteiger partial charge in [-0.25, -0.2) is 0 Å². The molecule has 144 valence electrons. The van der Waals surface area contributed by atoms with Crippen LogP contribution in [0.1, 0.15) is 0 Å². The summed E-state index contributed by atoms with van der Waals surface area (Å²) >= 11 is 0. The van der Waals surface area contributed by atoms with E-state index in [2.05, 4.69) is 0 Å². The van der Waals surface area contributed by atoms with Gasteiger partial charge in [0.05, 0.1) is 0 Å². The zero-order chi connectivity index (χ0) is 13.5. The van der Waals surface area contributed by atoms with Crippen LogP contribution in [0.25, 0.3) is 0 Å². The Morgan fingerprint density at radius 1 is 0.360 bits per heavy atom. The molecule has 0 aliphatic heterocycles. The second-order valence-electron chi connectivity index (χ2n) is 1.22. The van der Waals surface area contributed by atoms with E-state index in [9.17, 15) is 0 Å². The van der Waals surface area contributed by atoms with Gasteiger partial charge in [-0.05, 0) is 0 Å². The number of rotatable bonds is 0. The van der Waals surface area contributed by atoms with Gasteiger partial charge in [-0.3, -0.25) is 25.3 Å². The van der Waals surface area contributed by atoms with Crippen molar-refractivity contribution in [2.24, 2.45) is 0 Å². The summed E-state index contributed by atoms with van der Waals surface area (Å²) in [4.78, 5) is 0. The largest absolute Gasteiger partial charge is 3.00 e. The second kappa shape index (κ2) is 41.0. The van der Waals surface area contributed by atoms with Crippen molar-refractivity contribution in [3.05, 3.63) is 0 Å². The van der Waals surface area contributed by atoms with Crippen molar-refractivity contribution in [1.82, 2.24) is 0 Å². The van der Waals surface area contributed by atoms with E-state index >= 15 is 0 Å². The standard InChI is InChI=1S/4Al.3ClH.3H2O4S.3H2O/c;;;;;;;3*1-5(2,3)4;;;/h;;;;3*1H;3*(H2,1,2,3,4);3*1H2/q4*+3;;;;;;;;;/p-12. The van der Waals surface area contributed by atoms with Crippen molar-refractivity contribution >= 4 is 101 Å². The van der Waals surface area contributed by atoms with Crippen LogP contribution in [0.3, 0.4) is 0 Å². The van der Waals surface area contributed by atoms with Crippen LogP contribution >= 0.6 is 0 Å². The Balaban J connectivity index is -0.00000000655. The van der Waals surface area contributed by atoms with Crippen molar-refractivity contribution in [1.29, 1.82) is 0 Å². The van der Waals surface area contributed by atoms with Gasteiger partial charge in [-0.1, -0.05) is 0 Å². The predicted octanol–water partition coefficient (Wildman–Crippen LogP) is -15.1. The van der Waals surface area contributed by atoms with Gasteiger partial charge in [0.25, 0.3) is 0 Å².